The molecule has 0 bridgehead atoms. The van der Waals surface area contributed by atoms with E-state index in [1.807, 2.05) is 11.9 Å². The predicted molar refractivity (Wildman–Crippen MR) is 78.0 cm³/mol. The summed E-state index contributed by atoms with van der Waals surface area (Å²) in [5.74, 6) is 0.577. The van der Waals surface area contributed by atoms with Crippen molar-refractivity contribution in [3.05, 3.63) is 0 Å². The van der Waals surface area contributed by atoms with Crippen molar-refractivity contribution in [2.45, 2.75) is 45.2 Å². The molecular formula is C13H28ClN3O. The lowest BCUT2D eigenvalue weighted by atomic mass is 10.00. The van der Waals surface area contributed by atoms with Gasteiger partial charge in [0.05, 0.1) is 6.04 Å². The summed E-state index contributed by atoms with van der Waals surface area (Å²) in [5.41, 5.74) is 5.95. The molecule has 0 unspecified atom stereocenters. The molecule has 5 heteroatoms. The van der Waals surface area contributed by atoms with Gasteiger partial charge in [-0.1, -0.05) is 13.8 Å². The number of hydrogen-bond donors (Lipinski definition) is 1. The fourth-order valence-electron chi connectivity index (χ4n) is 2.43. The SMILES string of the molecule is CC(C)C[C@H](N)C(=O)N(C)C1CCN(C)CC1.Cl. The Morgan fingerprint density at radius 2 is 1.89 bits per heavy atom. The third-order valence-electron chi connectivity index (χ3n) is 3.63. The van der Waals surface area contributed by atoms with E-state index in [2.05, 4.69) is 25.8 Å². The smallest absolute Gasteiger partial charge is 0.239 e. The standard InChI is InChI=1S/C13H27N3O.ClH/c1-10(2)9-12(14)13(17)16(4)11-5-7-15(3)8-6-11;/h10-12H,5-9,14H2,1-4H3;1H/t12-;/m0./s1. The van der Waals surface area contributed by atoms with Crippen LogP contribution in [0.5, 0.6) is 0 Å². The van der Waals surface area contributed by atoms with Crippen LogP contribution in [-0.4, -0.2) is 55.0 Å². The van der Waals surface area contributed by atoms with Crippen LogP contribution >= 0.6 is 12.4 Å². The molecule has 0 aromatic rings. The number of nitrogens with two attached hydrogens (primary N) is 1. The van der Waals surface area contributed by atoms with Crippen molar-refractivity contribution in [1.29, 1.82) is 0 Å². The molecule has 0 aromatic heterocycles. The molecule has 1 atom stereocenters. The molecule has 108 valence electrons. The van der Waals surface area contributed by atoms with Gasteiger partial charge in [0.15, 0.2) is 0 Å². The predicted octanol–water partition coefficient (Wildman–Crippen LogP) is 1.33. The van der Waals surface area contributed by atoms with Gasteiger partial charge in [0.25, 0.3) is 0 Å². The highest BCUT2D eigenvalue weighted by molar-refractivity contribution is 5.85. The minimum Gasteiger partial charge on any atom is -0.341 e. The first-order valence-corrected chi connectivity index (χ1v) is 6.62. The molecule has 18 heavy (non-hydrogen) atoms. The van der Waals surface area contributed by atoms with E-state index in [0.29, 0.717) is 12.0 Å². The number of hydrogen-bond acceptors (Lipinski definition) is 3. The Bertz CT molecular complexity index is 253. The van der Waals surface area contributed by atoms with Crippen LogP contribution in [0.4, 0.5) is 0 Å². The highest BCUT2D eigenvalue weighted by atomic mass is 35.5. The van der Waals surface area contributed by atoms with Gasteiger partial charge >= 0.3 is 0 Å². The van der Waals surface area contributed by atoms with Gasteiger partial charge in [-0.15, -0.1) is 12.4 Å². The Morgan fingerprint density at radius 1 is 1.39 bits per heavy atom. The second-order valence-electron chi connectivity index (χ2n) is 5.72. The van der Waals surface area contributed by atoms with Crippen LogP contribution in [0.2, 0.25) is 0 Å². The number of rotatable bonds is 4. The number of piperidine rings is 1. The molecule has 0 radical (unpaired) electrons. The van der Waals surface area contributed by atoms with Crippen molar-refractivity contribution in [1.82, 2.24) is 9.80 Å². The summed E-state index contributed by atoms with van der Waals surface area (Å²) in [6.45, 7) is 6.34. The Labute approximate surface area is 117 Å². The molecule has 1 rings (SSSR count). The summed E-state index contributed by atoms with van der Waals surface area (Å²) in [7, 11) is 4.03. The maximum Gasteiger partial charge on any atom is 0.239 e. The van der Waals surface area contributed by atoms with Crippen molar-refractivity contribution in [2.24, 2.45) is 11.7 Å². The first kappa shape index (κ1) is 17.7. The van der Waals surface area contributed by atoms with Crippen LogP contribution in [0, 0.1) is 5.92 Å². The summed E-state index contributed by atoms with van der Waals surface area (Å²) in [5, 5.41) is 0. The van der Waals surface area contributed by atoms with E-state index in [1.54, 1.807) is 0 Å². The van der Waals surface area contributed by atoms with Crippen LogP contribution in [0.3, 0.4) is 0 Å². The molecule has 1 amide bonds. The lowest BCUT2D eigenvalue weighted by molar-refractivity contribution is -0.134. The van der Waals surface area contributed by atoms with Crippen molar-refractivity contribution in [3.63, 3.8) is 0 Å². The van der Waals surface area contributed by atoms with Gasteiger partial charge in [-0.3, -0.25) is 4.79 Å². The number of halogens is 1. The minimum atomic E-state index is -0.334. The monoisotopic (exact) mass is 277 g/mol. The Hall–Kier alpha value is -0.320. The van der Waals surface area contributed by atoms with Crippen LogP contribution in [0.15, 0.2) is 0 Å². The fourth-order valence-corrected chi connectivity index (χ4v) is 2.43. The fraction of sp³-hybridized carbons (Fsp3) is 0.923. The van der Waals surface area contributed by atoms with Gasteiger partial charge in [0.2, 0.25) is 5.91 Å². The van der Waals surface area contributed by atoms with Crippen molar-refractivity contribution in [3.8, 4) is 0 Å². The van der Waals surface area contributed by atoms with E-state index in [4.69, 9.17) is 5.73 Å². The lowest BCUT2D eigenvalue weighted by Gasteiger charge is -2.36. The highest BCUT2D eigenvalue weighted by Gasteiger charge is 2.27. The Kier molecular flexibility index (Phi) is 7.83. The van der Waals surface area contributed by atoms with E-state index >= 15 is 0 Å². The van der Waals surface area contributed by atoms with Crippen LogP contribution in [-0.2, 0) is 4.79 Å². The van der Waals surface area contributed by atoms with Gasteiger partial charge in [-0.05, 0) is 45.3 Å². The van der Waals surface area contributed by atoms with E-state index in [0.717, 1.165) is 32.4 Å². The van der Waals surface area contributed by atoms with Gasteiger partial charge in [-0.25, -0.2) is 0 Å². The maximum atomic E-state index is 12.1. The van der Waals surface area contributed by atoms with Gasteiger partial charge in [0.1, 0.15) is 0 Å². The summed E-state index contributed by atoms with van der Waals surface area (Å²) >= 11 is 0. The summed E-state index contributed by atoms with van der Waals surface area (Å²) < 4.78 is 0. The first-order valence-electron chi connectivity index (χ1n) is 6.62. The lowest BCUT2D eigenvalue weighted by Crippen LogP contribution is -2.50. The van der Waals surface area contributed by atoms with Gasteiger partial charge in [-0.2, -0.15) is 0 Å². The van der Waals surface area contributed by atoms with Crippen molar-refractivity contribution in [2.75, 3.05) is 27.2 Å². The zero-order chi connectivity index (χ0) is 13.0. The van der Waals surface area contributed by atoms with E-state index in [9.17, 15) is 4.79 Å². The molecule has 1 fully saturated rings. The largest absolute Gasteiger partial charge is 0.341 e. The van der Waals surface area contributed by atoms with E-state index in [1.165, 1.54) is 0 Å². The van der Waals surface area contributed by atoms with E-state index in [-0.39, 0.29) is 24.4 Å². The van der Waals surface area contributed by atoms with Crippen molar-refractivity contribution < 1.29 is 4.79 Å². The number of carbonyl (C=O) groups is 1. The molecule has 0 spiro atoms. The maximum absolute atomic E-state index is 12.1. The molecule has 1 aliphatic heterocycles. The molecule has 1 heterocycles. The number of likely N-dealkylation sites (tertiary alicyclic amines) is 1. The zero-order valence-electron chi connectivity index (χ0n) is 12.1. The van der Waals surface area contributed by atoms with Gasteiger partial charge < -0.3 is 15.5 Å². The van der Waals surface area contributed by atoms with Gasteiger partial charge in [0, 0.05) is 13.1 Å². The second-order valence-corrected chi connectivity index (χ2v) is 5.72. The van der Waals surface area contributed by atoms with E-state index < -0.39 is 0 Å². The number of likely N-dealkylation sites (N-methyl/N-ethyl adjacent to an activating group) is 1. The zero-order valence-corrected chi connectivity index (χ0v) is 12.9. The number of nitrogens with zero attached hydrogens (tertiary/aromatic N) is 2. The highest BCUT2D eigenvalue weighted by Crippen LogP contribution is 2.16. The summed E-state index contributed by atoms with van der Waals surface area (Å²) in [6.07, 6.45) is 2.90. The molecular weight excluding hydrogens is 250 g/mol. The third-order valence-corrected chi connectivity index (χ3v) is 3.63. The topological polar surface area (TPSA) is 49.6 Å². The molecule has 0 saturated carbocycles. The summed E-state index contributed by atoms with van der Waals surface area (Å²) in [6, 6.07) is 0.0385. The molecule has 1 aliphatic rings. The van der Waals surface area contributed by atoms with Crippen LogP contribution < -0.4 is 5.73 Å². The average Bonchev–Trinajstić information content (AvgIpc) is 2.27. The summed E-state index contributed by atoms with van der Waals surface area (Å²) in [4.78, 5) is 16.3. The third kappa shape index (κ3) is 5.12. The molecule has 0 aliphatic carbocycles. The minimum absolute atomic E-state index is 0. The first-order chi connectivity index (χ1) is 7.91. The number of amides is 1. The van der Waals surface area contributed by atoms with Crippen molar-refractivity contribution >= 4 is 18.3 Å². The quantitative estimate of drug-likeness (QED) is 0.844. The Balaban J connectivity index is 0.00000289. The average molecular weight is 278 g/mol. The second kappa shape index (κ2) is 7.97. The molecule has 0 aromatic carbocycles. The normalized spacial score (nSPS) is 19.4. The molecule has 4 nitrogen and oxygen atoms in total. The number of carbonyl (C=O) groups excluding carboxylic acids is 1. The molecule has 2 N–H and O–H groups in total. The molecule has 1 saturated heterocycles. The Morgan fingerprint density at radius 3 is 2.33 bits per heavy atom. The van der Waals surface area contributed by atoms with Crippen LogP contribution in [0.25, 0.3) is 0 Å². The van der Waals surface area contributed by atoms with Crippen LogP contribution in [0.1, 0.15) is 33.1 Å².